The summed E-state index contributed by atoms with van der Waals surface area (Å²) in [6, 6.07) is 1.68. The topological polar surface area (TPSA) is 48.4 Å². The number of hydrogen-bond donors (Lipinski definition) is 0. The molecule has 110 valence electrons. The Bertz CT molecular complexity index is 478. The maximum absolute atomic E-state index is 14.2. The van der Waals surface area contributed by atoms with Crippen molar-refractivity contribution in [3.8, 4) is 5.88 Å². The van der Waals surface area contributed by atoms with E-state index in [1.54, 1.807) is 19.2 Å². The van der Waals surface area contributed by atoms with Crippen LogP contribution in [0.5, 0.6) is 5.88 Å². The summed E-state index contributed by atoms with van der Waals surface area (Å²) in [5.74, 6) is -0.675. The predicted octanol–water partition coefficient (Wildman–Crippen LogP) is 3.07. The number of hydrogen-bond acceptors (Lipinski definition) is 4. The van der Waals surface area contributed by atoms with E-state index in [1.165, 1.54) is 7.11 Å². The van der Waals surface area contributed by atoms with Crippen molar-refractivity contribution in [1.82, 2.24) is 4.98 Å². The molecule has 1 aromatic heterocycles. The van der Waals surface area contributed by atoms with E-state index < -0.39 is 5.82 Å². The van der Waals surface area contributed by atoms with Crippen molar-refractivity contribution in [2.45, 2.75) is 38.5 Å². The molecule has 1 aromatic rings. The van der Waals surface area contributed by atoms with E-state index in [-0.39, 0.29) is 23.7 Å². The first-order chi connectivity index (χ1) is 9.67. The van der Waals surface area contributed by atoms with Crippen LogP contribution in [0, 0.1) is 11.7 Å². The van der Waals surface area contributed by atoms with Crippen molar-refractivity contribution in [2.75, 3.05) is 13.7 Å². The summed E-state index contributed by atoms with van der Waals surface area (Å²) in [6.07, 6.45) is 4.77. The first-order valence-corrected chi connectivity index (χ1v) is 7.02. The summed E-state index contributed by atoms with van der Waals surface area (Å²) in [4.78, 5) is 15.7. The second-order valence-corrected chi connectivity index (χ2v) is 5.04. The van der Waals surface area contributed by atoms with E-state index in [9.17, 15) is 9.18 Å². The molecule has 0 spiro atoms. The fourth-order valence-electron chi connectivity index (χ4n) is 2.84. The normalized spacial score (nSPS) is 22.4. The van der Waals surface area contributed by atoms with Gasteiger partial charge in [0.15, 0.2) is 5.82 Å². The lowest BCUT2D eigenvalue weighted by molar-refractivity contribution is -0.149. The number of carbonyl (C=O) groups excluding carboxylic acids is 1. The summed E-state index contributed by atoms with van der Waals surface area (Å²) in [7, 11) is 1.40. The average molecular weight is 281 g/mol. The van der Waals surface area contributed by atoms with Crippen LogP contribution in [0.15, 0.2) is 12.3 Å². The number of methoxy groups -OCH3 is 1. The third-order valence-electron chi connectivity index (χ3n) is 3.81. The molecule has 5 heteroatoms. The second-order valence-electron chi connectivity index (χ2n) is 5.04. The molecule has 1 saturated carbocycles. The van der Waals surface area contributed by atoms with E-state index in [4.69, 9.17) is 9.47 Å². The van der Waals surface area contributed by atoms with Gasteiger partial charge in [-0.3, -0.25) is 4.79 Å². The smallest absolute Gasteiger partial charge is 0.308 e. The lowest BCUT2D eigenvalue weighted by Gasteiger charge is -2.28. The highest BCUT2D eigenvalue weighted by Gasteiger charge is 2.31. The Labute approximate surface area is 118 Å². The molecule has 4 nitrogen and oxygen atoms in total. The van der Waals surface area contributed by atoms with E-state index in [0.717, 1.165) is 19.3 Å². The summed E-state index contributed by atoms with van der Waals surface area (Å²) < 4.78 is 24.2. The van der Waals surface area contributed by atoms with Crippen LogP contribution in [0.2, 0.25) is 0 Å². The highest BCUT2D eigenvalue weighted by Crippen LogP contribution is 2.38. The fraction of sp³-hybridized carbons (Fsp3) is 0.600. The average Bonchev–Trinajstić information content (AvgIpc) is 2.48. The summed E-state index contributed by atoms with van der Waals surface area (Å²) in [6.45, 7) is 2.18. The number of esters is 1. The molecule has 2 unspecified atom stereocenters. The molecule has 0 N–H and O–H groups in total. The molecular weight excluding hydrogens is 261 g/mol. The standard InChI is InChI=1S/C15H20FNO3/c1-3-20-15(18)11-6-4-5-10(9-11)12-7-8-17-14(19-2)13(12)16/h7-8,10-11H,3-6,9H2,1-2H3. The zero-order chi connectivity index (χ0) is 14.5. The minimum Gasteiger partial charge on any atom is -0.479 e. The SMILES string of the molecule is CCOC(=O)C1CCCC(c2ccnc(OC)c2F)C1. The molecule has 0 saturated heterocycles. The maximum atomic E-state index is 14.2. The van der Waals surface area contributed by atoms with Crippen LogP contribution in [0.1, 0.15) is 44.1 Å². The largest absolute Gasteiger partial charge is 0.479 e. The van der Waals surface area contributed by atoms with E-state index in [2.05, 4.69) is 4.98 Å². The van der Waals surface area contributed by atoms with E-state index >= 15 is 0 Å². The lowest BCUT2D eigenvalue weighted by Crippen LogP contribution is -2.24. The Morgan fingerprint density at radius 1 is 1.50 bits per heavy atom. The molecule has 2 rings (SSSR count). The number of nitrogens with zero attached hydrogens (tertiary/aromatic N) is 1. The van der Waals surface area contributed by atoms with Gasteiger partial charge >= 0.3 is 5.97 Å². The summed E-state index contributed by atoms with van der Waals surface area (Å²) >= 11 is 0. The molecule has 1 aliphatic carbocycles. The first-order valence-electron chi connectivity index (χ1n) is 7.02. The van der Waals surface area contributed by atoms with Crippen LogP contribution in [0.4, 0.5) is 4.39 Å². The minimum atomic E-state index is -0.412. The van der Waals surface area contributed by atoms with Crippen LogP contribution < -0.4 is 4.74 Å². The molecule has 0 aromatic carbocycles. The van der Waals surface area contributed by atoms with Crippen molar-refractivity contribution in [3.05, 3.63) is 23.6 Å². The summed E-state index contributed by atoms with van der Waals surface area (Å²) in [5.41, 5.74) is 0.589. The third kappa shape index (κ3) is 3.08. The van der Waals surface area contributed by atoms with Crippen LogP contribution in [-0.4, -0.2) is 24.7 Å². The van der Waals surface area contributed by atoms with Crippen molar-refractivity contribution in [3.63, 3.8) is 0 Å². The molecule has 0 aliphatic heterocycles. The lowest BCUT2D eigenvalue weighted by atomic mass is 9.78. The maximum Gasteiger partial charge on any atom is 0.308 e. The van der Waals surface area contributed by atoms with Gasteiger partial charge in [0.1, 0.15) is 0 Å². The Balaban J connectivity index is 2.15. The molecular formula is C15H20FNO3. The van der Waals surface area contributed by atoms with Crippen molar-refractivity contribution in [2.24, 2.45) is 5.92 Å². The van der Waals surface area contributed by atoms with Crippen molar-refractivity contribution >= 4 is 5.97 Å². The molecule has 1 heterocycles. The van der Waals surface area contributed by atoms with Gasteiger partial charge in [0.05, 0.1) is 19.6 Å². The number of carbonyl (C=O) groups is 1. The minimum absolute atomic E-state index is 0.0146. The van der Waals surface area contributed by atoms with Crippen molar-refractivity contribution in [1.29, 1.82) is 0 Å². The number of ether oxygens (including phenoxy) is 2. The van der Waals surface area contributed by atoms with Gasteiger partial charge in [-0.05, 0) is 43.7 Å². The molecule has 1 aliphatic rings. The van der Waals surface area contributed by atoms with Gasteiger partial charge in [0, 0.05) is 6.20 Å². The van der Waals surface area contributed by atoms with Crippen LogP contribution in [0.25, 0.3) is 0 Å². The van der Waals surface area contributed by atoms with Gasteiger partial charge in [0.2, 0.25) is 5.88 Å². The quantitative estimate of drug-likeness (QED) is 0.796. The van der Waals surface area contributed by atoms with Gasteiger partial charge in [-0.25, -0.2) is 9.37 Å². The molecule has 0 bridgehead atoms. The monoisotopic (exact) mass is 281 g/mol. The van der Waals surface area contributed by atoms with Gasteiger partial charge in [-0.1, -0.05) is 6.42 Å². The van der Waals surface area contributed by atoms with Crippen LogP contribution in [-0.2, 0) is 9.53 Å². The number of halogens is 1. The molecule has 0 amide bonds. The molecule has 2 atom stereocenters. The second kappa shape index (κ2) is 6.68. The number of rotatable bonds is 4. The Morgan fingerprint density at radius 2 is 2.30 bits per heavy atom. The van der Waals surface area contributed by atoms with Gasteiger partial charge in [-0.15, -0.1) is 0 Å². The molecule has 1 fully saturated rings. The Kier molecular flexibility index (Phi) is 4.93. The van der Waals surface area contributed by atoms with Gasteiger partial charge in [0.25, 0.3) is 0 Å². The highest BCUT2D eigenvalue weighted by molar-refractivity contribution is 5.72. The number of aromatic nitrogens is 1. The molecule has 0 radical (unpaired) electrons. The fourth-order valence-corrected chi connectivity index (χ4v) is 2.84. The Morgan fingerprint density at radius 3 is 3.00 bits per heavy atom. The third-order valence-corrected chi connectivity index (χ3v) is 3.81. The molecule has 20 heavy (non-hydrogen) atoms. The first kappa shape index (κ1) is 14.8. The Hall–Kier alpha value is -1.65. The number of pyridine rings is 1. The highest BCUT2D eigenvalue weighted by atomic mass is 19.1. The zero-order valence-electron chi connectivity index (χ0n) is 11.9. The van der Waals surface area contributed by atoms with E-state index in [1.807, 2.05) is 0 Å². The van der Waals surface area contributed by atoms with Crippen molar-refractivity contribution < 1.29 is 18.7 Å². The van der Waals surface area contributed by atoms with Gasteiger partial charge in [-0.2, -0.15) is 0 Å². The van der Waals surface area contributed by atoms with Gasteiger partial charge < -0.3 is 9.47 Å². The zero-order valence-corrected chi connectivity index (χ0v) is 11.9. The summed E-state index contributed by atoms with van der Waals surface area (Å²) in [5, 5.41) is 0. The predicted molar refractivity (Wildman–Crippen MR) is 72.1 cm³/mol. The van der Waals surface area contributed by atoms with Crippen LogP contribution in [0.3, 0.4) is 0 Å². The van der Waals surface area contributed by atoms with E-state index in [0.29, 0.717) is 18.6 Å². The van der Waals surface area contributed by atoms with Crippen LogP contribution >= 0.6 is 0 Å².